The van der Waals surface area contributed by atoms with Gasteiger partial charge in [-0.15, -0.1) is 0 Å². The number of allylic oxidation sites excluding steroid dienone is 1. The largest absolute Gasteiger partial charge is 0.370 e. The molecule has 6 nitrogen and oxygen atoms in total. The Hall–Kier alpha value is -3.48. The summed E-state index contributed by atoms with van der Waals surface area (Å²) >= 11 is 0. The molecule has 0 amide bonds. The highest BCUT2D eigenvalue weighted by Crippen LogP contribution is 2.14. The average molecular weight is 325 g/mol. The summed E-state index contributed by atoms with van der Waals surface area (Å²) in [6, 6.07) is 12.3. The Kier molecular flexibility index (Phi) is 5.40. The maximum absolute atomic E-state index is 12.8. The zero-order chi connectivity index (χ0) is 17.5. The number of hydrogen-bond acceptors (Lipinski definition) is 2. The number of guanidine groups is 2. The van der Waals surface area contributed by atoms with Crippen LogP contribution in [-0.2, 0) is 0 Å². The minimum atomic E-state index is -0.324. The van der Waals surface area contributed by atoms with Crippen molar-refractivity contribution in [2.45, 2.75) is 0 Å². The van der Waals surface area contributed by atoms with Crippen molar-refractivity contribution in [1.29, 1.82) is 0 Å². The van der Waals surface area contributed by atoms with Crippen LogP contribution < -0.4 is 17.2 Å². The summed E-state index contributed by atoms with van der Waals surface area (Å²) in [6.07, 6.45) is 3.03. The highest BCUT2D eigenvalue weighted by molar-refractivity contribution is 6.07. The number of ketones is 1. The molecular formula is C17H16FN5O. The molecule has 0 aliphatic rings. The van der Waals surface area contributed by atoms with Crippen LogP contribution in [0, 0.1) is 5.82 Å². The summed E-state index contributed by atoms with van der Waals surface area (Å²) in [7, 11) is 0. The van der Waals surface area contributed by atoms with E-state index in [1.54, 1.807) is 42.5 Å². The van der Waals surface area contributed by atoms with Gasteiger partial charge in [-0.25, -0.2) is 9.38 Å². The van der Waals surface area contributed by atoms with Gasteiger partial charge in [0, 0.05) is 5.56 Å². The fourth-order valence-corrected chi connectivity index (χ4v) is 1.83. The SMILES string of the molecule is NC(N)=NC(N)=Nc1ccc(C(=O)C=Cc2ccc(F)cc2)cc1. The number of carbonyl (C=O) groups excluding carboxylic acids is 1. The lowest BCUT2D eigenvalue weighted by atomic mass is 10.1. The summed E-state index contributed by atoms with van der Waals surface area (Å²) in [5.74, 6) is -0.777. The Morgan fingerprint density at radius 2 is 1.58 bits per heavy atom. The van der Waals surface area contributed by atoms with Crippen LogP contribution in [0.5, 0.6) is 0 Å². The standard InChI is InChI=1S/C17H16FN5O/c18-13-6-1-11(2-7-13)3-10-15(24)12-4-8-14(9-5-12)22-17(21)23-16(19)20/h1-10H,(H6,19,20,21,22,23). The fourth-order valence-electron chi connectivity index (χ4n) is 1.83. The Morgan fingerprint density at radius 1 is 0.958 bits per heavy atom. The lowest BCUT2D eigenvalue weighted by Gasteiger charge is -1.99. The van der Waals surface area contributed by atoms with Gasteiger partial charge in [-0.1, -0.05) is 18.2 Å². The third-order valence-corrected chi connectivity index (χ3v) is 2.94. The quantitative estimate of drug-likeness (QED) is 0.344. The van der Waals surface area contributed by atoms with Gasteiger partial charge in [0.1, 0.15) is 5.82 Å². The first-order valence-corrected chi connectivity index (χ1v) is 6.96. The van der Waals surface area contributed by atoms with E-state index in [4.69, 9.17) is 17.2 Å². The van der Waals surface area contributed by atoms with Crippen LogP contribution in [0.15, 0.2) is 64.6 Å². The number of rotatable bonds is 4. The van der Waals surface area contributed by atoms with E-state index in [0.29, 0.717) is 11.3 Å². The van der Waals surface area contributed by atoms with E-state index in [1.807, 2.05) is 0 Å². The van der Waals surface area contributed by atoms with Crippen molar-refractivity contribution in [1.82, 2.24) is 0 Å². The maximum Gasteiger partial charge on any atom is 0.223 e. The molecule has 0 saturated carbocycles. The van der Waals surface area contributed by atoms with Crippen LogP contribution in [0.3, 0.4) is 0 Å². The second-order valence-electron chi connectivity index (χ2n) is 4.80. The van der Waals surface area contributed by atoms with Gasteiger partial charge in [-0.2, -0.15) is 4.99 Å². The lowest BCUT2D eigenvalue weighted by Crippen LogP contribution is -2.26. The molecule has 0 fully saturated rings. The Morgan fingerprint density at radius 3 is 2.17 bits per heavy atom. The molecule has 7 heteroatoms. The molecule has 0 saturated heterocycles. The Balaban J connectivity index is 2.08. The molecule has 0 aliphatic heterocycles. The topological polar surface area (TPSA) is 120 Å². The normalized spacial score (nSPS) is 11.5. The summed E-state index contributed by atoms with van der Waals surface area (Å²) in [6.45, 7) is 0. The molecule has 2 rings (SSSR count). The van der Waals surface area contributed by atoms with Crippen molar-refractivity contribution < 1.29 is 9.18 Å². The number of nitrogens with zero attached hydrogens (tertiary/aromatic N) is 2. The molecule has 2 aromatic rings. The third kappa shape index (κ3) is 5.06. The van der Waals surface area contributed by atoms with Gasteiger partial charge in [-0.05, 0) is 48.0 Å². The van der Waals surface area contributed by atoms with Crippen LogP contribution in [0.2, 0.25) is 0 Å². The van der Waals surface area contributed by atoms with Gasteiger partial charge in [0.05, 0.1) is 5.69 Å². The van der Waals surface area contributed by atoms with Crippen molar-refractivity contribution in [3.8, 4) is 0 Å². The van der Waals surface area contributed by atoms with Crippen molar-refractivity contribution in [3.05, 3.63) is 71.6 Å². The van der Waals surface area contributed by atoms with E-state index in [-0.39, 0.29) is 23.5 Å². The van der Waals surface area contributed by atoms with Crippen molar-refractivity contribution in [2.75, 3.05) is 0 Å². The Labute approximate surface area is 138 Å². The zero-order valence-electron chi connectivity index (χ0n) is 12.7. The second kappa shape index (κ2) is 7.68. The first kappa shape index (κ1) is 16.9. The van der Waals surface area contributed by atoms with Crippen LogP contribution >= 0.6 is 0 Å². The maximum atomic E-state index is 12.8. The summed E-state index contributed by atoms with van der Waals surface area (Å²) in [5.41, 5.74) is 17.6. The second-order valence-corrected chi connectivity index (χ2v) is 4.80. The number of benzene rings is 2. The average Bonchev–Trinajstić information content (AvgIpc) is 2.54. The Bertz CT molecular complexity index is 804. The van der Waals surface area contributed by atoms with E-state index in [2.05, 4.69) is 9.98 Å². The lowest BCUT2D eigenvalue weighted by molar-refractivity contribution is 0.104. The zero-order valence-corrected chi connectivity index (χ0v) is 12.7. The van der Waals surface area contributed by atoms with E-state index < -0.39 is 0 Å². The van der Waals surface area contributed by atoms with E-state index in [0.717, 1.165) is 5.56 Å². The van der Waals surface area contributed by atoms with E-state index in [1.165, 1.54) is 18.2 Å². The number of carbonyl (C=O) groups is 1. The smallest absolute Gasteiger partial charge is 0.223 e. The van der Waals surface area contributed by atoms with Gasteiger partial charge >= 0.3 is 0 Å². The minimum Gasteiger partial charge on any atom is -0.370 e. The molecule has 0 aromatic heterocycles. The van der Waals surface area contributed by atoms with Crippen LogP contribution in [-0.4, -0.2) is 17.7 Å². The monoisotopic (exact) mass is 325 g/mol. The molecule has 0 aliphatic carbocycles. The summed E-state index contributed by atoms with van der Waals surface area (Å²) in [5, 5.41) is 0. The fraction of sp³-hybridized carbons (Fsp3) is 0. The molecule has 2 aromatic carbocycles. The number of hydrogen-bond donors (Lipinski definition) is 3. The first-order chi connectivity index (χ1) is 11.4. The molecule has 0 heterocycles. The van der Waals surface area contributed by atoms with Crippen LogP contribution in [0.25, 0.3) is 6.08 Å². The molecule has 0 radical (unpaired) electrons. The number of nitrogens with two attached hydrogens (primary N) is 3. The molecule has 122 valence electrons. The highest BCUT2D eigenvalue weighted by Gasteiger charge is 2.02. The third-order valence-electron chi connectivity index (χ3n) is 2.94. The van der Waals surface area contributed by atoms with Crippen molar-refractivity contribution in [2.24, 2.45) is 27.2 Å². The van der Waals surface area contributed by atoms with Crippen molar-refractivity contribution in [3.63, 3.8) is 0 Å². The predicted molar refractivity (Wildman–Crippen MR) is 93.3 cm³/mol. The highest BCUT2D eigenvalue weighted by atomic mass is 19.1. The predicted octanol–water partition coefficient (Wildman–Crippen LogP) is 1.94. The van der Waals surface area contributed by atoms with Gasteiger partial charge in [0.15, 0.2) is 11.7 Å². The van der Waals surface area contributed by atoms with Gasteiger partial charge in [0.2, 0.25) is 5.96 Å². The van der Waals surface area contributed by atoms with E-state index in [9.17, 15) is 9.18 Å². The molecule has 0 unspecified atom stereocenters. The molecule has 24 heavy (non-hydrogen) atoms. The molecule has 0 bridgehead atoms. The van der Waals surface area contributed by atoms with E-state index >= 15 is 0 Å². The molecular weight excluding hydrogens is 309 g/mol. The van der Waals surface area contributed by atoms with Crippen molar-refractivity contribution >= 4 is 29.5 Å². The molecule has 6 N–H and O–H groups in total. The van der Waals surface area contributed by atoms with Crippen LogP contribution in [0.1, 0.15) is 15.9 Å². The molecule has 0 atom stereocenters. The summed E-state index contributed by atoms with van der Waals surface area (Å²) in [4.78, 5) is 19.7. The number of halogens is 1. The number of aliphatic imine (C=N–C) groups is 2. The van der Waals surface area contributed by atoms with Crippen LogP contribution in [0.4, 0.5) is 10.1 Å². The first-order valence-electron chi connectivity index (χ1n) is 6.96. The van der Waals surface area contributed by atoms with Gasteiger partial charge in [0.25, 0.3) is 0 Å². The van der Waals surface area contributed by atoms with Gasteiger partial charge in [-0.3, -0.25) is 4.79 Å². The minimum absolute atomic E-state index is 0.0784. The molecule has 0 spiro atoms. The van der Waals surface area contributed by atoms with Gasteiger partial charge < -0.3 is 17.2 Å². The summed E-state index contributed by atoms with van der Waals surface area (Å²) < 4.78 is 12.8.